The second kappa shape index (κ2) is 21.6. The van der Waals surface area contributed by atoms with Crippen LogP contribution in [0.2, 0.25) is 0 Å². The van der Waals surface area contributed by atoms with E-state index in [9.17, 15) is 35.8 Å². The maximum absolute atomic E-state index is 14.0. The number of hydrogen-bond acceptors (Lipinski definition) is 10. The number of fused-ring (bicyclic) bond motifs is 2. The van der Waals surface area contributed by atoms with E-state index < -0.39 is 66.2 Å². The molecule has 0 aliphatic carbocycles. The van der Waals surface area contributed by atoms with Crippen molar-refractivity contribution in [3.63, 3.8) is 0 Å². The van der Waals surface area contributed by atoms with E-state index >= 15 is 0 Å². The van der Waals surface area contributed by atoms with Gasteiger partial charge in [0.2, 0.25) is 0 Å². The monoisotopic (exact) mass is 926 g/mol. The molecule has 0 aromatic heterocycles. The number of rotatable bonds is 21. The van der Waals surface area contributed by atoms with Gasteiger partial charge in [0.05, 0.1) is 59.9 Å². The first-order valence-electron chi connectivity index (χ1n) is 22.7. The van der Waals surface area contributed by atoms with E-state index in [0.717, 1.165) is 25.7 Å². The molecular formula is C50H64F2O10S2. The normalized spacial score (nSPS) is 24.8. The lowest BCUT2D eigenvalue weighted by Crippen LogP contribution is -2.42. The molecule has 0 spiro atoms. The van der Waals surface area contributed by atoms with E-state index in [1.165, 1.54) is 36.4 Å². The number of unbranched alkanes of at least 4 members (excludes halogenated alkanes) is 2. The van der Waals surface area contributed by atoms with Crippen molar-refractivity contribution < 1.29 is 54.8 Å². The Morgan fingerprint density at radius 3 is 1.25 bits per heavy atom. The highest BCUT2D eigenvalue weighted by molar-refractivity contribution is 7.91. The minimum atomic E-state index is -3.80. The highest BCUT2D eigenvalue weighted by Crippen LogP contribution is 2.51. The van der Waals surface area contributed by atoms with E-state index in [-0.39, 0.29) is 60.9 Å². The molecule has 14 heteroatoms. The third-order valence-electron chi connectivity index (χ3n) is 13.4. The van der Waals surface area contributed by atoms with Crippen LogP contribution in [-0.2, 0) is 29.1 Å². The number of halogens is 2. The van der Waals surface area contributed by atoms with Crippen LogP contribution in [-0.4, -0.2) is 90.4 Å². The van der Waals surface area contributed by atoms with Crippen molar-refractivity contribution in [2.75, 3.05) is 51.1 Å². The zero-order valence-electron chi connectivity index (χ0n) is 37.4. The summed E-state index contributed by atoms with van der Waals surface area (Å²) in [4.78, 5) is 0.280. The van der Waals surface area contributed by atoms with Crippen molar-refractivity contribution >= 4 is 19.7 Å². The van der Waals surface area contributed by atoms with Crippen LogP contribution in [0.5, 0.6) is 11.5 Å². The Kier molecular flexibility index (Phi) is 16.7. The molecule has 350 valence electrons. The minimum Gasteiger partial charge on any atom is -0.491 e. The van der Waals surface area contributed by atoms with Crippen LogP contribution in [0.15, 0.2) is 94.7 Å². The third kappa shape index (κ3) is 11.0. The molecule has 0 amide bonds. The molecule has 2 aliphatic rings. The fraction of sp³-hybridized carbons (Fsp3) is 0.520. The van der Waals surface area contributed by atoms with E-state index in [2.05, 4.69) is 0 Å². The van der Waals surface area contributed by atoms with Crippen molar-refractivity contribution in [3.05, 3.63) is 119 Å². The molecule has 0 saturated heterocycles. The average molecular weight is 927 g/mol. The van der Waals surface area contributed by atoms with Crippen LogP contribution in [0.4, 0.5) is 8.78 Å². The topological polar surface area (TPSA) is 146 Å². The van der Waals surface area contributed by atoms with Crippen LogP contribution < -0.4 is 9.47 Å². The van der Waals surface area contributed by atoms with Gasteiger partial charge in [-0.25, -0.2) is 25.6 Å². The summed E-state index contributed by atoms with van der Waals surface area (Å²) >= 11 is 0. The largest absolute Gasteiger partial charge is 0.491 e. The van der Waals surface area contributed by atoms with Crippen molar-refractivity contribution in [2.24, 2.45) is 10.8 Å². The van der Waals surface area contributed by atoms with Crippen LogP contribution in [0.25, 0.3) is 0 Å². The van der Waals surface area contributed by atoms with Gasteiger partial charge in [0.15, 0.2) is 19.7 Å². The number of sulfone groups is 2. The summed E-state index contributed by atoms with van der Waals surface area (Å²) in [5.41, 5.74) is 0.301. The SMILES string of the molecule is CCCC[C@]1(CC)CS(=O)(=O)c2ccc(OCCOCCOCCOc3ccc4c(c3)[C@@H](c3ccc(F)cc3)[C@H](O)[C@](CC)(CCCC)CS4(=O)=O)cc2[C@@H](c2ccc(F)cc2)[C@@H]1O. The van der Waals surface area contributed by atoms with E-state index in [1.54, 1.807) is 48.5 Å². The van der Waals surface area contributed by atoms with Gasteiger partial charge in [-0.3, -0.25) is 0 Å². The lowest BCUT2D eigenvalue weighted by atomic mass is 9.69. The zero-order chi connectivity index (χ0) is 46.1. The van der Waals surface area contributed by atoms with Crippen LogP contribution in [0.3, 0.4) is 0 Å². The minimum absolute atomic E-state index is 0.140. The molecular weight excluding hydrogens is 863 g/mol. The Bertz CT molecular complexity index is 2210. The summed E-state index contributed by atoms with van der Waals surface area (Å²) in [5.74, 6) is -1.83. The first-order chi connectivity index (χ1) is 30.6. The van der Waals surface area contributed by atoms with Crippen LogP contribution in [0, 0.1) is 22.5 Å². The van der Waals surface area contributed by atoms with E-state index in [4.69, 9.17) is 18.9 Å². The molecule has 6 rings (SSSR count). The molecule has 0 saturated carbocycles. The highest BCUT2D eigenvalue weighted by Gasteiger charge is 2.50. The fourth-order valence-corrected chi connectivity index (χ4v) is 14.2. The second-order valence-corrected chi connectivity index (χ2v) is 21.3. The molecule has 4 aromatic rings. The molecule has 2 heterocycles. The third-order valence-corrected chi connectivity index (χ3v) is 17.4. The number of hydrogen-bond donors (Lipinski definition) is 2. The van der Waals surface area contributed by atoms with E-state index in [0.29, 0.717) is 59.4 Å². The Balaban J connectivity index is 1.04. The lowest BCUT2D eigenvalue weighted by molar-refractivity contribution is 0.0171. The molecule has 2 N–H and O–H groups in total. The standard InChI is InChI=1S/C50H64F2O10S2/c1-5-9-23-49(7-3)33-63(55,56)43-21-19-39(31-41(43)45(47(49)53)35-11-15-37(51)16-12-35)61-29-27-59-25-26-60-28-30-62-40-20-22-44-42(32-40)46(36-13-17-38(52)18-14-36)48(54)50(8-4,24-10-6-2)34-64(44,57)58/h11-22,31-32,45-48,53-54H,5-10,23-30,33-34H2,1-4H3/t45-,46-,47+,48+,49-,50-/m1/s1. The van der Waals surface area contributed by atoms with Crippen molar-refractivity contribution in [1.29, 1.82) is 0 Å². The van der Waals surface area contributed by atoms with Gasteiger partial charge >= 0.3 is 0 Å². The van der Waals surface area contributed by atoms with Crippen LogP contribution >= 0.6 is 0 Å². The maximum Gasteiger partial charge on any atom is 0.179 e. The zero-order valence-corrected chi connectivity index (χ0v) is 39.1. The summed E-state index contributed by atoms with van der Waals surface area (Å²) in [6.45, 7) is 9.16. The van der Waals surface area contributed by atoms with Gasteiger partial charge < -0.3 is 29.2 Å². The van der Waals surface area contributed by atoms with Crippen molar-refractivity contribution in [2.45, 2.75) is 113 Å². The molecule has 6 atom stereocenters. The summed E-state index contributed by atoms with van der Waals surface area (Å²) < 4.78 is 107. The van der Waals surface area contributed by atoms with Crippen LogP contribution in [0.1, 0.15) is 113 Å². The smallest absolute Gasteiger partial charge is 0.179 e. The molecule has 0 bridgehead atoms. The summed E-state index contributed by atoms with van der Waals surface area (Å²) in [6, 6.07) is 21.3. The number of ether oxygens (including phenoxy) is 4. The highest BCUT2D eigenvalue weighted by atomic mass is 32.2. The fourth-order valence-electron chi connectivity index (χ4n) is 9.71. The van der Waals surface area contributed by atoms with Gasteiger partial charge in [-0.05, 0) is 109 Å². The molecule has 10 nitrogen and oxygen atoms in total. The van der Waals surface area contributed by atoms with Gasteiger partial charge in [-0.15, -0.1) is 0 Å². The van der Waals surface area contributed by atoms with Gasteiger partial charge in [-0.2, -0.15) is 0 Å². The first kappa shape index (κ1) is 49.5. The summed E-state index contributed by atoms with van der Waals surface area (Å²) in [6.07, 6.45) is 3.15. The van der Waals surface area contributed by atoms with Gasteiger partial charge in [0, 0.05) is 22.7 Å². The van der Waals surface area contributed by atoms with Gasteiger partial charge in [0.25, 0.3) is 0 Å². The second-order valence-electron chi connectivity index (χ2n) is 17.4. The Labute approximate surface area is 378 Å². The molecule has 4 aromatic carbocycles. The first-order valence-corrected chi connectivity index (χ1v) is 26.0. The summed E-state index contributed by atoms with van der Waals surface area (Å²) in [7, 11) is -7.59. The average Bonchev–Trinajstić information content (AvgIpc) is 3.40. The molecule has 0 radical (unpaired) electrons. The number of aliphatic hydroxyl groups is 2. The van der Waals surface area contributed by atoms with Crippen molar-refractivity contribution in [1.82, 2.24) is 0 Å². The Morgan fingerprint density at radius 2 is 0.906 bits per heavy atom. The molecule has 0 unspecified atom stereocenters. The molecule has 2 aliphatic heterocycles. The Hall–Kier alpha value is -3.92. The predicted molar refractivity (Wildman–Crippen MR) is 243 cm³/mol. The van der Waals surface area contributed by atoms with E-state index in [1.807, 2.05) is 27.7 Å². The van der Waals surface area contributed by atoms with Gasteiger partial charge in [-0.1, -0.05) is 77.6 Å². The van der Waals surface area contributed by atoms with Gasteiger partial charge in [0.1, 0.15) is 36.3 Å². The number of aliphatic hydroxyl groups excluding tert-OH is 2. The Morgan fingerprint density at radius 1 is 0.547 bits per heavy atom. The maximum atomic E-state index is 14.0. The lowest BCUT2D eigenvalue weighted by Gasteiger charge is -2.39. The molecule has 64 heavy (non-hydrogen) atoms. The number of benzene rings is 4. The van der Waals surface area contributed by atoms with Crippen molar-refractivity contribution in [3.8, 4) is 11.5 Å². The summed E-state index contributed by atoms with van der Waals surface area (Å²) in [5, 5.41) is 24.2. The molecule has 0 fully saturated rings. The quantitative estimate of drug-likeness (QED) is 0.0776. The predicted octanol–water partition coefficient (Wildman–Crippen LogP) is 9.19.